The van der Waals surface area contributed by atoms with Crippen molar-refractivity contribution in [3.63, 3.8) is 0 Å². The quantitative estimate of drug-likeness (QED) is 0.748. The van der Waals surface area contributed by atoms with E-state index in [2.05, 4.69) is 9.82 Å². The Morgan fingerprint density at radius 3 is 2.60 bits per heavy atom. The minimum absolute atomic E-state index is 0.456. The summed E-state index contributed by atoms with van der Waals surface area (Å²) >= 11 is 0. The molecule has 1 N–H and O–H groups in total. The van der Waals surface area contributed by atoms with E-state index in [-0.39, 0.29) is 0 Å². The Hall–Kier alpha value is -0.880. The molecule has 15 heavy (non-hydrogen) atoms. The van der Waals surface area contributed by atoms with Crippen LogP contribution in [0.5, 0.6) is 0 Å². The summed E-state index contributed by atoms with van der Waals surface area (Å²) in [5, 5.41) is 4.28. The molecule has 0 aromatic carbocycles. The number of rotatable bonds is 5. The van der Waals surface area contributed by atoms with Crippen LogP contribution in [0.4, 0.5) is 0 Å². The lowest BCUT2D eigenvalue weighted by Gasteiger charge is -2.04. The summed E-state index contributed by atoms with van der Waals surface area (Å²) in [6.07, 6.45) is 1.91. The Morgan fingerprint density at radius 2 is 2.13 bits per heavy atom. The molecule has 1 aromatic rings. The third-order valence-electron chi connectivity index (χ3n) is 2.01. The van der Waals surface area contributed by atoms with Crippen molar-refractivity contribution in [3.8, 4) is 0 Å². The fourth-order valence-electron chi connectivity index (χ4n) is 1.39. The van der Waals surface area contributed by atoms with Gasteiger partial charge in [0.2, 0.25) is 10.0 Å². The van der Waals surface area contributed by atoms with Crippen molar-refractivity contribution in [2.45, 2.75) is 26.8 Å². The molecule has 0 unspecified atom stereocenters. The molecule has 0 saturated carbocycles. The molecular weight excluding hydrogens is 214 g/mol. The number of aryl methyl sites for hydroxylation is 3. The van der Waals surface area contributed by atoms with Gasteiger partial charge in [-0.2, -0.15) is 5.10 Å². The van der Waals surface area contributed by atoms with E-state index in [4.69, 9.17) is 0 Å². The highest BCUT2D eigenvalue weighted by Gasteiger charge is 2.02. The molecule has 0 amide bonds. The van der Waals surface area contributed by atoms with Crippen LogP contribution >= 0.6 is 0 Å². The maximum atomic E-state index is 10.8. The van der Waals surface area contributed by atoms with Crippen molar-refractivity contribution in [1.29, 1.82) is 0 Å². The van der Waals surface area contributed by atoms with E-state index in [1.807, 2.05) is 24.6 Å². The summed E-state index contributed by atoms with van der Waals surface area (Å²) in [5.74, 6) is 0. The minimum atomic E-state index is -3.06. The van der Waals surface area contributed by atoms with Gasteiger partial charge in [-0.25, -0.2) is 13.1 Å². The monoisotopic (exact) mass is 231 g/mol. The molecule has 0 spiro atoms. The second kappa shape index (κ2) is 4.76. The first kappa shape index (κ1) is 12.2. The number of nitrogens with one attached hydrogen (secondary N) is 1. The summed E-state index contributed by atoms with van der Waals surface area (Å²) in [4.78, 5) is 0. The first-order valence-electron chi connectivity index (χ1n) is 4.84. The number of sulfonamides is 1. The van der Waals surface area contributed by atoms with Crippen molar-refractivity contribution in [2.24, 2.45) is 0 Å². The van der Waals surface area contributed by atoms with Gasteiger partial charge in [-0.1, -0.05) is 0 Å². The fraction of sp³-hybridized carbons (Fsp3) is 0.667. The van der Waals surface area contributed by atoms with E-state index in [1.54, 1.807) is 0 Å². The zero-order valence-electron chi connectivity index (χ0n) is 9.32. The van der Waals surface area contributed by atoms with Crippen LogP contribution in [0.3, 0.4) is 0 Å². The van der Waals surface area contributed by atoms with Gasteiger partial charge in [-0.05, 0) is 26.3 Å². The van der Waals surface area contributed by atoms with E-state index in [0.717, 1.165) is 30.6 Å². The second-order valence-corrected chi connectivity index (χ2v) is 5.50. The van der Waals surface area contributed by atoms with E-state index < -0.39 is 10.0 Å². The van der Waals surface area contributed by atoms with Crippen LogP contribution in [0, 0.1) is 13.8 Å². The molecule has 0 radical (unpaired) electrons. The Kier molecular flexibility index (Phi) is 3.87. The van der Waals surface area contributed by atoms with Gasteiger partial charge in [0.25, 0.3) is 0 Å². The van der Waals surface area contributed by atoms with E-state index in [1.165, 1.54) is 0 Å². The molecule has 0 aliphatic rings. The van der Waals surface area contributed by atoms with Gasteiger partial charge < -0.3 is 0 Å². The van der Waals surface area contributed by atoms with Crippen molar-refractivity contribution in [3.05, 3.63) is 17.5 Å². The lowest BCUT2D eigenvalue weighted by Crippen LogP contribution is -2.24. The first-order valence-corrected chi connectivity index (χ1v) is 6.73. The molecule has 0 fully saturated rings. The smallest absolute Gasteiger partial charge is 0.208 e. The van der Waals surface area contributed by atoms with Crippen LogP contribution in [-0.2, 0) is 16.6 Å². The Labute approximate surface area is 90.5 Å². The van der Waals surface area contributed by atoms with Crippen molar-refractivity contribution in [2.75, 3.05) is 12.8 Å². The molecule has 6 heteroatoms. The van der Waals surface area contributed by atoms with Gasteiger partial charge in [-0.15, -0.1) is 0 Å². The highest BCUT2D eigenvalue weighted by molar-refractivity contribution is 7.88. The molecular formula is C9H17N3O2S. The summed E-state index contributed by atoms with van der Waals surface area (Å²) < 4.78 is 25.9. The predicted molar refractivity (Wildman–Crippen MR) is 59.2 cm³/mol. The normalized spacial score (nSPS) is 11.9. The molecule has 0 aliphatic carbocycles. The SMILES string of the molecule is Cc1cc(C)n(CCCNS(C)(=O)=O)n1. The standard InChI is InChI=1S/C9H17N3O2S/c1-8-7-9(2)12(11-8)6-4-5-10-15(3,13)14/h7,10H,4-6H2,1-3H3. The van der Waals surface area contributed by atoms with Crippen molar-refractivity contribution < 1.29 is 8.42 Å². The van der Waals surface area contributed by atoms with Gasteiger partial charge in [-0.3, -0.25) is 4.68 Å². The topological polar surface area (TPSA) is 64.0 Å². The summed E-state index contributed by atoms with van der Waals surface area (Å²) in [7, 11) is -3.06. The molecule has 0 atom stereocenters. The first-order chi connectivity index (χ1) is 6.88. The van der Waals surface area contributed by atoms with Crippen molar-refractivity contribution in [1.82, 2.24) is 14.5 Å². The van der Waals surface area contributed by atoms with Crippen LogP contribution in [0.15, 0.2) is 6.07 Å². The van der Waals surface area contributed by atoms with E-state index >= 15 is 0 Å². The summed E-state index contributed by atoms with van der Waals surface area (Å²) in [6.45, 7) is 5.13. The van der Waals surface area contributed by atoms with Gasteiger partial charge in [0.1, 0.15) is 0 Å². The van der Waals surface area contributed by atoms with Gasteiger partial charge in [0.15, 0.2) is 0 Å². The number of hydrogen-bond donors (Lipinski definition) is 1. The van der Waals surface area contributed by atoms with E-state index in [9.17, 15) is 8.42 Å². The van der Waals surface area contributed by atoms with Crippen LogP contribution in [-0.4, -0.2) is 31.0 Å². The maximum absolute atomic E-state index is 10.8. The van der Waals surface area contributed by atoms with Crippen LogP contribution in [0.25, 0.3) is 0 Å². The lowest BCUT2D eigenvalue weighted by molar-refractivity contribution is 0.546. The minimum Gasteiger partial charge on any atom is -0.270 e. The largest absolute Gasteiger partial charge is 0.270 e. The third-order valence-corrected chi connectivity index (χ3v) is 2.74. The summed E-state index contributed by atoms with van der Waals surface area (Å²) in [5.41, 5.74) is 2.09. The summed E-state index contributed by atoms with van der Waals surface area (Å²) in [6, 6.07) is 2.00. The van der Waals surface area contributed by atoms with Crippen LogP contribution in [0.1, 0.15) is 17.8 Å². The van der Waals surface area contributed by atoms with Gasteiger partial charge >= 0.3 is 0 Å². The molecule has 1 heterocycles. The van der Waals surface area contributed by atoms with Gasteiger partial charge in [0, 0.05) is 18.8 Å². The highest BCUT2D eigenvalue weighted by atomic mass is 32.2. The molecule has 5 nitrogen and oxygen atoms in total. The Balaban J connectivity index is 2.35. The molecule has 1 aromatic heterocycles. The van der Waals surface area contributed by atoms with Crippen LogP contribution in [0.2, 0.25) is 0 Å². The van der Waals surface area contributed by atoms with Gasteiger partial charge in [0.05, 0.1) is 11.9 Å². The molecule has 0 bridgehead atoms. The second-order valence-electron chi connectivity index (χ2n) is 3.67. The highest BCUT2D eigenvalue weighted by Crippen LogP contribution is 2.02. The molecule has 86 valence electrons. The molecule has 1 rings (SSSR count). The predicted octanol–water partition coefficient (Wildman–Crippen LogP) is 0.439. The molecule has 0 aliphatic heterocycles. The Morgan fingerprint density at radius 1 is 1.47 bits per heavy atom. The van der Waals surface area contributed by atoms with Crippen LogP contribution < -0.4 is 4.72 Å². The molecule has 0 saturated heterocycles. The maximum Gasteiger partial charge on any atom is 0.208 e. The number of nitrogens with zero attached hydrogens (tertiary/aromatic N) is 2. The third kappa shape index (κ3) is 4.44. The Bertz CT molecular complexity index is 423. The van der Waals surface area contributed by atoms with E-state index in [0.29, 0.717) is 6.54 Å². The number of aromatic nitrogens is 2. The fourth-order valence-corrected chi connectivity index (χ4v) is 1.90. The zero-order valence-corrected chi connectivity index (χ0v) is 10.1. The lowest BCUT2D eigenvalue weighted by atomic mass is 10.4. The van der Waals surface area contributed by atoms with Crippen molar-refractivity contribution >= 4 is 10.0 Å². The number of hydrogen-bond acceptors (Lipinski definition) is 3. The average Bonchev–Trinajstić information content (AvgIpc) is 2.37. The average molecular weight is 231 g/mol. The zero-order chi connectivity index (χ0) is 11.5.